The Hall–Kier alpha value is -2.84. The molecule has 0 aliphatic rings. The zero-order valence-corrected chi connectivity index (χ0v) is 15.6. The van der Waals surface area contributed by atoms with Crippen LogP contribution in [0.5, 0.6) is 0 Å². The number of carbonyl (C=O) groups is 2. The molecular formula is C20H24N2O5. The molecule has 27 heavy (non-hydrogen) atoms. The van der Waals surface area contributed by atoms with Gasteiger partial charge in [0.15, 0.2) is 0 Å². The molecule has 0 heterocycles. The van der Waals surface area contributed by atoms with E-state index in [2.05, 4.69) is 33.7 Å². The highest BCUT2D eigenvalue weighted by atomic mass is 16.5. The molecule has 144 valence electrons. The van der Waals surface area contributed by atoms with Crippen molar-refractivity contribution in [1.29, 1.82) is 0 Å². The molecule has 7 heteroatoms. The largest absolute Gasteiger partial charge is 0.467 e. The van der Waals surface area contributed by atoms with Gasteiger partial charge in [0.25, 0.3) is 5.91 Å². The summed E-state index contributed by atoms with van der Waals surface area (Å²) in [5.74, 6) is 9.26. The van der Waals surface area contributed by atoms with Crippen molar-refractivity contribution in [3.8, 4) is 23.7 Å². The molecule has 7 nitrogen and oxygen atoms in total. The first kappa shape index (κ1) is 22.2. The van der Waals surface area contributed by atoms with Crippen molar-refractivity contribution in [2.75, 3.05) is 13.7 Å². The normalized spacial score (nSPS) is 12.5. The number of ether oxygens (including phenoxy) is 1. The fraction of sp³-hybridized carbons (Fsp3) is 0.400. The van der Waals surface area contributed by atoms with Gasteiger partial charge in [-0.05, 0) is 50.0 Å². The Morgan fingerprint density at radius 1 is 1.26 bits per heavy atom. The number of nitrogens with one attached hydrogen (secondary N) is 1. The third-order valence-electron chi connectivity index (χ3n) is 3.51. The quantitative estimate of drug-likeness (QED) is 0.405. The Balaban J connectivity index is 2.81. The van der Waals surface area contributed by atoms with Gasteiger partial charge in [-0.25, -0.2) is 4.79 Å². The number of hydrogen-bond acceptors (Lipinski definition) is 6. The van der Waals surface area contributed by atoms with Crippen LogP contribution in [0.4, 0.5) is 0 Å². The summed E-state index contributed by atoms with van der Waals surface area (Å²) in [6.45, 7) is 3.09. The molecule has 0 aliphatic carbocycles. The molecular weight excluding hydrogens is 348 g/mol. The van der Waals surface area contributed by atoms with Gasteiger partial charge in [-0.1, -0.05) is 11.8 Å². The number of aliphatic hydroxyl groups is 2. The number of methoxy groups -OCH3 is 1. The van der Waals surface area contributed by atoms with E-state index in [0.717, 1.165) is 0 Å². The van der Waals surface area contributed by atoms with Crippen LogP contribution in [0.25, 0.3) is 0 Å². The molecule has 0 saturated carbocycles. The molecule has 1 amide bonds. The Bertz CT molecular complexity index is 773. The van der Waals surface area contributed by atoms with Crippen molar-refractivity contribution in [2.45, 2.75) is 38.0 Å². The Morgan fingerprint density at radius 2 is 1.89 bits per heavy atom. The molecule has 0 spiro atoms. The molecule has 0 saturated heterocycles. The van der Waals surface area contributed by atoms with Crippen LogP contribution in [0.3, 0.4) is 0 Å². The lowest BCUT2D eigenvalue weighted by molar-refractivity contribution is -0.144. The zero-order chi connectivity index (χ0) is 20.4. The molecule has 0 bridgehead atoms. The smallest absolute Gasteiger partial charge is 0.330 e. The van der Waals surface area contributed by atoms with Gasteiger partial charge < -0.3 is 26.0 Å². The number of esters is 1. The maximum atomic E-state index is 12.3. The van der Waals surface area contributed by atoms with E-state index in [-0.39, 0.29) is 13.0 Å². The summed E-state index contributed by atoms with van der Waals surface area (Å²) in [7, 11) is 1.23. The second-order valence-corrected chi connectivity index (χ2v) is 6.38. The average Bonchev–Trinajstić information content (AvgIpc) is 2.62. The van der Waals surface area contributed by atoms with Crippen molar-refractivity contribution < 1.29 is 24.5 Å². The molecule has 0 radical (unpaired) electrons. The Morgan fingerprint density at radius 3 is 2.41 bits per heavy atom. The number of nitrogens with two attached hydrogens (primary N) is 1. The van der Waals surface area contributed by atoms with E-state index in [9.17, 15) is 14.7 Å². The summed E-state index contributed by atoms with van der Waals surface area (Å²) in [5.41, 5.74) is 5.91. The summed E-state index contributed by atoms with van der Waals surface area (Å²) in [6, 6.07) is 5.40. The van der Waals surface area contributed by atoms with Crippen molar-refractivity contribution in [1.82, 2.24) is 5.32 Å². The molecule has 2 atom stereocenters. The zero-order valence-electron chi connectivity index (χ0n) is 15.6. The van der Waals surface area contributed by atoms with Crippen LogP contribution in [0.2, 0.25) is 0 Å². The van der Waals surface area contributed by atoms with Crippen LogP contribution in [0.1, 0.15) is 36.2 Å². The Kier molecular flexibility index (Phi) is 8.50. The Labute approximate surface area is 158 Å². The maximum Gasteiger partial charge on any atom is 0.330 e. The first-order chi connectivity index (χ1) is 12.7. The van der Waals surface area contributed by atoms with Crippen LogP contribution in [0.15, 0.2) is 24.3 Å². The lowest BCUT2D eigenvalue weighted by Gasteiger charge is -2.28. The van der Waals surface area contributed by atoms with Crippen LogP contribution < -0.4 is 11.1 Å². The van der Waals surface area contributed by atoms with E-state index in [1.165, 1.54) is 7.11 Å². The van der Waals surface area contributed by atoms with Gasteiger partial charge in [-0.3, -0.25) is 4.79 Å². The predicted octanol–water partition coefficient (Wildman–Crippen LogP) is -0.206. The summed E-state index contributed by atoms with van der Waals surface area (Å²) < 4.78 is 4.69. The topological polar surface area (TPSA) is 122 Å². The van der Waals surface area contributed by atoms with E-state index in [0.29, 0.717) is 11.1 Å². The monoisotopic (exact) mass is 372 g/mol. The van der Waals surface area contributed by atoms with Crippen molar-refractivity contribution >= 4 is 11.9 Å². The molecule has 1 aromatic carbocycles. The minimum atomic E-state index is -0.993. The van der Waals surface area contributed by atoms with Gasteiger partial charge >= 0.3 is 5.97 Å². The summed E-state index contributed by atoms with van der Waals surface area (Å²) in [6.07, 6.45) is -0.741. The molecule has 5 N–H and O–H groups in total. The highest BCUT2D eigenvalue weighted by molar-refractivity contribution is 5.97. The van der Waals surface area contributed by atoms with Crippen LogP contribution in [-0.4, -0.2) is 53.5 Å². The standard InChI is InChI=1S/C20H24N2O5/c1-20(2,21)17(19(26)27-3)22-18(25)15-10-8-14(9-11-15)6-4-5-7-16(24)12-13-23/h8-11,16-17,23-24H,12-13,21H2,1-3H3,(H,22,25)/t16-,17?/m1/s1. The van der Waals surface area contributed by atoms with Gasteiger partial charge in [0.1, 0.15) is 12.1 Å². The molecule has 0 fully saturated rings. The third-order valence-corrected chi connectivity index (χ3v) is 3.51. The molecule has 0 aromatic heterocycles. The highest BCUT2D eigenvalue weighted by Gasteiger charge is 2.34. The number of amides is 1. The highest BCUT2D eigenvalue weighted by Crippen LogP contribution is 2.10. The van der Waals surface area contributed by atoms with Crippen molar-refractivity contribution in [3.63, 3.8) is 0 Å². The van der Waals surface area contributed by atoms with Crippen molar-refractivity contribution in [2.24, 2.45) is 5.73 Å². The summed E-state index contributed by atoms with van der Waals surface area (Å²) >= 11 is 0. The van der Waals surface area contributed by atoms with E-state index in [4.69, 9.17) is 10.8 Å². The average molecular weight is 372 g/mol. The number of hydrogen-bond donors (Lipinski definition) is 4. The fourth-order valence-corrected chi connectivity index (χ4v) is 2.00. The van der Waals surface area contributed by atoms with Crippen molar-refractivity contribution in [3.05, 3.63) is 35.4 Å². The van der Waals surface area contributed by atoms with Gasteiger partial charge in [-0.2, -0.15) is 0 Å². The van der Waals surface area contributed by atoms with Gasteiger partial charge in [-0.15, -0.1) is 0 Å². The maximum absolute atomic E-state index is 12.3. The summed E-state index contributed by atoms with van der Waals surface area (Å²) in [5, 5.41) is 20.6. The van der Waals surface area contributed by atoms with E-state index in [1.54, 1.807) is 38.1 Å². The minimum Gasteiger partial charge on any atom is -0.467 e. The first-order valence-corrected chi connectivity index (χ1v) is 8.27. The van der Waals surface area contributed by atoms with Crippen LogP contribution in [-0.2, 0) is 9.53 Å². The van der Waals surface area contributed by atoms with Gasteiger partial charge in [0, 0.05) is 29.7 Å². The lowest BCUT2D eigenvalue weighted by atomic mass is 9.95. The third kappa shape index (κ3) is 7.51. The van der Waals surface area contributed by atoms with E-state index in [1.807, 2.05) is 0 Å². The molecule has 0 aliphatic heterocycles. The molecule has 1 aromatic rings. The van der Waals surface area contributed by atoms with E-state index < -0.39 is 29.6 Å². The first-order valence-electron chi connectivity index (χ1n) is 8.27. The van der Waals surface area contributed by atoms with Crippen LogP contribution in [0, 0.1) is 23.7 Å². The number of rotatable bonds is 6. The minimum absolute atomic E-state index is 0.148. The lowest BCUT2D eigenvalue weighted by Crippen LogP contribution is -2.59. The predicted molar refractivity (Wildman–Crippen MR) is 100 cm³/mol. The molecule has 1 rings (SSSR count). The second kappa shape index (κ2) is 10.3. The number of benzene rings is 1. The SMILES string of the molecule is COC(=O)C(NC(=O)c1ccc(C#CC#C[C@@H](O)CCO)cc1)C(C)(C)N. The summed E-state index contributed by atoms with van der Waals surface area (Å²) in [4.78, 5) is 24.2. The van der Waals surface area contributed by atoms with Gasteiger partial charge in [0.2, 0.25) is 0 Å². The van der Waals surface area contributed by atoms with Crippen LogP contribution >= 0.6 is 0 Å². The molecule has 1 unspecified atom stereocenters. The number of aliphatic hydroxyl groups excluding tert-OH is 2. The number of carbonyl (C=O) groups excluding carboxylic acids is 2. The second-order valence-electron chi connectivity index (χ2n) is 6.38. The fourth-order valence-electron chi connectivity index (χ4n) is 2.00. The van der Waals surface area contributed by atoms with Gasteiger partial charge in [0.05, 0.1) is 7.11 Å². The van der Waals surface area contributed by atoms with E-state index >= 15 is 0 Å².